The summed E-state index contributed by atoms with van der Waals surface area (Å²) < 4.78 is 22.4. The number of aromatic nitrogens is 2. The Morgan fingerprint density at radius 1 is 1.22 bits per heavy atom. The zero-order chi connectivity index (χ0) is 25.1. The maximum Gasteiger partial charge on any atom is 0.329 e. The maximum atomic E-state index is 15.0. The number of aliphatic hydroxyl groups is 1. The Kier molecular flexibility index (Phi) is 5.78. The van der Waals surface area contributed by atoms with Crippen molar-refractivity contribution in [2.75, 3.05) is 19.8 Å². The number of aliphatic hydroxyl groups excluding tert-OH is 1. The second kappa shape index (κ2) is 9.06. The van der Waals surface area contributed by atoms with Crippen LogP contribution in [-0.2, 0) is 4.74 Å². The normalized spacial score (nSPS) is 33.2. The SMILES string of the molecule is O=C(NCC1CCOCC1)NN1C2CC3CC1CC(C(O)CC1c4c(F)cccc4-c4cncn41)(C3)C2. The number of amides is 2. The molecule has 5 heterocycles. The number of rotatable bonds is 6. The highest BCUT2D eigenvalue weighted by Gasteiger charge is 2.58. The van der Waals surface area contributed by atoms with Gasteiger partial charge in [0.1, 0.15) is 5.82 Å². The number of carbonyl (C=O) groups excluding carboxylic acids is 1. The molecule has 3 N–H and O–H groups in total. The number of urea groups is 1. The van der Waals surface area contributed by atoms with Crippen LogP contribution in [0.1, 0.15) is 63.0 Å². The van der Waals surface area contributed by atoms with Crippen LogP contribution in [0.5, 0.6) is 0 Å². The lowest BCUT2D eigenvalue weighted by molar-refractivity contribution is -0.166. The summed E-state index contributed by atoms with van der Waals surface area (Å²) in [5.74, 6) is 0.825. The molecule has 9 heteroatoms. The van der Waals surface area contributed by atoms with E-state index in [9.17, 15) is 14.3 Å². The Morgan fingerprint density at radius 2 is 2.00 bits per heavy atom. The molecule has 2 saturated carbocycles. The summed E-state index contributed by atoms with van der Waals surface area (Å²) >= 11 is 0. The fourth-order valence-corrected chi connectivity index (χ4v) is 8.31. The van der Waals surface area contributed by atoms with Gasteiger partial charge in [-0.25, -0.2) is 19.2 Å². The predicted molar refractivity (Wildman–Crippen MR) is 135 cm³/mol. The number of fused-ring (bicyclic) bond motifs is 3. The van der Waals surface area contributed by atoms with Gasteiger partial charge in [0.05, 0.1) is 30.4 Å². The Bertz CT molecular complexity index is 1160. The highest BCUT2D eigenvalue weighted by atomic mass is 19.1. The first-order valence-electron chi connectivity index (χ1n) is 13.9. The predicted octanol–water partition coefficient (Wildman–Crippen LogP) is 3.62. The Balaban J connectivity index is 1.04. The van der Waals surface area contributed by atoms with Crippen molar-refractivity contribution >= 4 is 6.03 Å². The van der Waals surface area contributed by atoms with E-state index >= 15 is 0 Å². The van der Waals surface area contributed by atoms with E-state index in [1.807, 2.05) is 10.6 Å². The van der Waals surface area contributed by atoms with Crippen molar-refractivity contribution in [1.82, 2.24) is 25.3 Å². The third kappa shape index (κ3) is 3.97. The molecular weight excluding hydrogens is 473 g/mol. The first-order chi connectivity index (χ1) is 18.0. The van der Waals surface area contributed by atoms with E-state index < -0.39 is 6.10 Å². The van der Waals surface area contributed by atoms with Crippen LogP contribution in [0.2, 0.25) is 0 Å². The standard InChI is InChI=1S/C28H36FN5O3/c29-22-3-1-2-21-24-15-30-16-33(24)23(26(21)22)10-25(35)28-11-18-8-19(12-28)34(20(9-18)13-28)32-27(36)31-14-17-4-6-37-7-5-17/h1-3,15-20,23,25,35H,4-14H2,(H2,31,32,36). The maximum absolute atomic E-state index is 15.0. The molecule has 4 bridgehead atoms. The lowest BCUT2D eigenvalue weighted by Crippen LogP contribution is -2.69. The van der Waals surface area contributed by atoms with Gasteiger partial charge in [0, 0.05) is 43.0 Å². The number of carbonyl (C=O) groups is 1. The number of hydrogen-bond donors (Lipinski definition) is 3. The van der Waals surface area contributed by atoms with Crippen LogP contribution in [0.3, 0.4) is 0 Å². The van der Waals surface area contributed by atoms with Gasteiger partial charge in [0.2, 0.25) is 0 Å². The highest BCUT2D eigenvalue weighted by Crippen LogP contribution is 2.58. The monoisotopic (exact) mass is 509 g/mol. The van der Waals surface area contributed by atoms with Gasteiger partial charge in [-0.05, 0) is 74.7 Å². The topological polar surface area (TPSA) is 91.7 Å². The number of halogens is 1. The molecule has 4 atom stereocenters. The van der Waals surface area contributed by atoms with E-state index in [0.29, 0.717) is 30.4 Å². The minimum atomic E-state index is -0.545. The Morgan fingerprint density at radius 3 is 2.78 bits per heavy atom. The number of nitrogens with zero attached hydrogens (tertiary/aromatic N) is 3. The van der Waals surface area contributed by atoms with Crippen LogP contribution in [0.25, 0.3) is 11.3 Å². The van der Waals surface area contributed by atoms with Crippen molar-refractivity contribution < 1.29 is 19.0 Å². The van der Waals surface area contributed by atoms with Gasteiger partial charge in [-0.3, -0.25) is 5.43 Å². The summed E-state index contributed by atoms with van der Waals surface area (Å²) in [6.07, 6.45) is 10.3. The Hall–Kier alpha value is -2.49. The molecule has 37 heavy (non-hydrogen) atoms. The molecule has 1 aromatic carbocycles. The second-order valence-corrected chi connectivity index (χ2v) is 12.1. The number of hydrazine groups is 1. The molecular formula is C28H36FN5O3. The average Bonchev–Trinajstić information content (AvgIpc) is 3.48. The van der Waals surface area contributed by atoms with Crippen LogP contribution in [0.15, 0.2) is 30.7 Å². The summed E-state index contributed by atoms with van der Waals surface area (Å²) in [4.78, 5) is 17.1. The number of hydrogen-bond acceptors (Lipinski definition) is 5. The quantitative estimate of drug-likeness (QED) is 0.553. The number of piperidine rings is 2. The number of nitrogens with one attached hydrogen (secondary N) is 2. The Labute approximate surface area is 216 Å². The molecule has 1 aromatic heterocycles. The lowest BCUT2D eigenvalue weighted by Gasteiger charge is -2.62. The molecule has 6 aliphatic rings. The van der Waals surface area contributed by atoms with Gasteiger partial charge in [-0.1, -0.05) is 12.1 Å². The summed E-state index contributed by atoms with van der Waals surface area (Å²) in [7, 11) is 0. The van der Waals surface area contributed by atoms with Crippen LogP contribution in [0.4, 0.5) is 9.18 Å². The number of benzene rings is 1. The number of imidazole rings is 1. The molecule has 0 spiro atoms. The highest BCUT2D eigenvalue weighted by molar-refractivity contribution is 5.73. The minimum absolute atomic E-state index is 0.126. The van der Waals surface area contributed by atoms with Crippen molar-refractivity contribution in [3.63, 3.8) is 0 Å². The van der Waals surface area contributed by atoms with Gasteiger partial charge in [-0.2, -0.15) is 0 Å². The van der Waals surface area contributed by atoms with Crippen LogP contribution in [0, 0.1) is 23.1 Å². The molecule has 198 valence electrons. The van der Waals surface area contributed by atoms with E-state index in [-0.39, 0.29) is 35.4 Å². The summed E-state index contributed by atoms with van der Waals surface area (Å²) in [5.41, 5.74) is 5.44. The van der Waals surface area contributed by atoms with E-state index in [4.69, 9.17) is 4.74 Å². The van der Waals surface area contributed by atoms with Crippen molar-refractivity contribution in [3.8, 4) is 11.3 Å². The molecule has 8 nitrogen and oxygen atoms in total. The van der Waals surface area contributed by atoms with Gasteiger partial charge >= 0.3 is 6.03 Å². The van der Waals surface area contributed by atoms with Crippen LogP contribution < -0.4 is 10.7 Å². The first kappa shape index (κ1) is 23.6. The molecule has 2 aromatic rings. The summed E-state index contributed by atoms with van der Waals surface area (Å²) in [6.45, 7) is 2.23. The fourth-order valence-electron chi connectivity index (χ4n) is 8.31. The third-order valence-electron chi connectivity index (χ3n) is 9.92. The number of ether oxygens (including phenoxy) is 1. The zero-order valence-electron chi connectivity index (χ0n) is 21.1. The fraction of sp³-hybridized carbons (Fsp3) is 0.643. The zero-order valence-corrected chi connectivity index (χ0v) is 21.1. The van der Waals surface area contributed by atoms with Crippen molar-refractivity contribution in [3.05, 3.63) is 42.1 Å². The molecule has 0 radical (unpaired) electrons. The van der Waals surface area contributed by atoms with Crippen LogP contribution >= 0.6 is 0 Å². The van der Waals surface area contributed by atoms with Gasteiger partial charge in [0.15, 0.2) is 0 Å². The van der Waals surface area contributed by atoms with Gasteiger partial charge in [0.25, 0.3) is 0 Å². The van der Waals surface area contributed by atoms with E-state index in [2.05, 4.69) is 20.7 Å². The average molecular weight is 510 g/mol. The van der Waals surface area contributed by atoms with Crippen molar-refractivity contribution in [1.29, 1.82) is 0 Å². The molecule has 2 amide bonds. The second-order valence-electron chi connectivity index (χ2n) is 12.1. The molecule has 5 fully saturated rings. The first-order valence-corrected chi connectivity index (χ1v) is 13.9. The molecule has 8 rings (SSSR count). The van der Waals surface area contributed by atoms with Gasteiger partial charge in [-0.15, -0.1) is 0 Å². The molecule has 4 aliphatic heterocycles. The van der Waals surface area contributed by atoms with Crippen LogP contribution in [-0.4, -0.2) is 63.6 Å². The largest absolute Gasteiger partial charge is 0.392 e. The molecule has 2 aliphatic carbocycles. The smallest absolute Gasteiger partial charge is 0.329 e. The van der Waals surface area contributed by atoms with E-state index in [1.54, 1.807) is 18.6 Å². The van der Waals surface area contributed by atoms with E-state index in [0.717, 1.165) is 69.4 Å². The van der Waals surface area contributed by atoms with Crippen molar-refractivity contribution in [2.24, 2.45) is 17.3 Å². The van der Waals surface area contributed by atoms with Crippen molar-refractivity contribution in [2.45, 2.75) is 75.6 Å². The van der Waals surface area contributed by atoms with Gasteiger partial charge < -0.3 is 19.7 Å². The lowest BCUT2D eigenvalue weighted by atomic mass is 9.53. The minimum Gasteiger partial charge on any atom is -0.392 e. The summed E-state index contributed by atoms with van der Waals surface area (Å²) in [5, 5.41) is 17.0. The van der Waals surface area contributed by atoms with E-state index in [1.165, 1.54) is 6.07 Å². The molecule has 3 saturated heterocycles. The summed E-state index contributed by atoms with van der Waals surface area (Å²) in [6, 6.07) is 5.28. The molecule has 4 unspecified atom stereocenters. The third-order valence-corrected chi connectivity index (χ3v) is 9.92.